The molecule has 5 heteroatoms. The molecular formula is C14H13NO4. The molecule has 0 aliphatic heterocycles. The summed E-state index contributed by atoms with van der Waals surface area (Å²) in [6.07, 6.45) is 3.60. The molecule has 0 aliphatic carbocycles. The lowest BCUT2D eigenvalue weighted by Gasteiger charge is -1.98. The molecular weight excluding hydrogens is 246 g/mol. The van der Waals surface area contributed by atoms with Crippen molar-refractivity contribution in [1.82, 2.24) is 0 Å². The Labute approximate surface area is 109 Å². The number of benzene rings is 2. The smallest absolute Gasteiger partial charge is 0.119 e. The number of hydrogen-bond acceptors (Lipinski definition) is 5. The summed E-state index contributed by atoms with van der Waals surface area (Å²) in [7, 11) is 0. The van der Waals surface area contributed by atoms with Crippen molar-refractivity contribution in [1.29, 1.82) is 5.59 Å². The molecule has 0 aromatic heterocycles. The number of phenols is 3. The van der Waals surface area contributed by atoms with E-state index < -0.39 is 0 Å². The minimum atomic E-state index is 0.0235. The summed E-state index contributed by atoms with van der Waals surface area (Å²) in [5.41, 5.74) is 6.13. The summed E-state index contributed by atoms with van der Waals surface area (Å²) in [4.78, 5) is 7.50. The molecule has 0 unspecified atom stereocenters. The van der Waals surface area contributed by atoms with Gasteiger partial charge in [0.15, 0.2) is 0 Å². The first-order chi connectivity index (χ1) is 9.13. The van der Waals surface area contributed by atoms with Crippen LogP contribution in [0, 0.1) is 10.5 Å². The van der Waals surface area contributed by atoms with Gasteiger partial charge in [-0.1, -0.05) is 29.9 Å². The Balaban J connectivity index is 0.000000861. The number of nitrogens with one attached hydrogen (secondary N) is 1. The third-order valence-electron chi connectivity index (χ3n) is 2.29. The van der Waals surface area contributed by atoms with Gasteiger partial charge in [0.05, 0.1) is 0 Å². The fourth-order valence-electron chi connectivity index (χ4n) is 1.49. The van der Waals surface area contributed by atoms with Crippen LogP contribution in [0.15, 0.2) is 42.5 Å². The lowest BCUT2D eigenvalue weighted by Crippen LogP contribution is -1.74. The van der Waals surface area contributed by atoms with E-state index in [2.05, 4.69) is 5.59 Å². The van der Waals surface area contributed by atoms with Crippen LogP contribution in [0.2, 0.25) is 0 Å². The first-order valence-electron chi connectivity index (χ1n) is 5.34. The summed E-state index contributed by atoms with van der Waals surface area (Å²) < 4.78 is 0. The number of phenolic OH excluding ortho intramolecular Hbond substituents is 3. The lowest BCUT2D eigenvalue weighted by atomic mass is 10.1. The molecule has 0 saturated heterocycles. The minimum absolute atomic E-state index is 0.0235. The van der Waals surface area contributed by atoms with E-state index in [-0.39, 0.29) is 17.2 Å². The van der Waals surface area contributed by atoms with Crippen molar-refractivity contribution in [3.05, 3.63) is 58.5 Å². The van der Waals surface area contributed by atoms with Crippen LogP contribution in [-0.2, 0) is 0 Å². The Kier molecular flexibility index (Phi) is 5.10. The predicted molar refractivity (Wildman–Crippen MR) is 72.9 cm³/mol. The molecule has 0 fully saturated rings. The Bertz CT molecular complexity index is 544. The van der Waals surface area contributed by atoms with Crippen molar-refractivity contribution in [3.63, 3.8) is 0 Å². The van der Waals surface area contributed by atoms with E-state index in [4.69, 9.17) is 10.0 Å². The summed E-state index contributed by atoms with van der Waals surface area (Å²) >= 11 is 0. The van der Waals surface area contributed by atoms with Crippen molar-refractivity contribution in [2.75, 3.05) is 0 Å². The second-order valence-corrected chi connectivity index (χ2v) is 3.71. The van der Waals surface area contributed by atoms with Gasteiger partial charge in [-0.05, 0) is 35.4 Å². The summed E-state index contributed by atoms with van der Waals surface area (Å²) in [5, 5.41) is 27.7. The molecule has 4 N–H and O–H groups in total. The largest absolute Gasteiger partial charge is 0.508 e. The van der Waals surface area contributed by atoms with E-state index in [0.717, 1.165) is 5.56 Å². The molecule has 0 bridgehead atoms. The molecule has 0 atom stereocenters. The zero-order valence-corrected chi connectivity index (χ0v) is 9.95. The predicted octanol–water partition coefficient (Wildman–Crippen LogP) is 3.31. The number of aromatic hydroxyl groups is 3. The van der Waals surface area contributed by atoms with Gasteiger partial charge in [0.1, 0.15) is 17.2 Å². The Morgan fingerprint density at radius 1 is 0.684 bits per heavy atom. The van der Waals surface area contributed by atoms with E-state index in [1.165, 1.54) is 6.07 Å². The van der Waals surface area contributed by atoms with E-state index in [9.17, 15) is 10.2 Å². The van der Waals surface area contributed by atoms with Gasteiger partial charge in [-0.3, -0.25) is 0 Å². The summed E-state index contributed by atoms with van der Waals surface area (Å²) in [6.45, 7) is 0. The maximum atomic E-state index is 9.30. The molecule has 5 nitrogen and oxygen atoms in total. The van der Waals surface area contributed by atoms with Gasteiger partial charge in [0, 0.05) is 6.07 Å². The minimum Gasteiger partial charge on any atom is -0.508 e. The van der Waals surface area contributed by atoms with E-state index >= 15 is 0 Å². The fraction of sp³-hybridized carbons (Fsp3) is 0. The number of rotatable bonds is 2. The van der Waals surface area contributed by atoms with E-state index in [0.29, 0.717) is 5.56 Å². The monoisotopic (exact) mass is 259 g/mol. The van der Waals surface area contributed by atoms with Crippen molar-refractivity contribution in [2.45, 2.75) is 0 Å². The van der Waals surface area contributed by atoms with Crippen molar-refractivity contribution < 1.29 is 15.3 Å². The van der Waals surface area contributed by atoms with Gasteiger partial charge in [0.2, 0.25) is 0 Å². The zero-order chi connectivity index (χ0) is 14.3. The molecule has 98 valence electrons. The average Bonchev–Trinajstić information content (AvgIpc) is 2.39. The van der Waals surface area contributed by atoms with Crippen LogP contribution in [0.1, 0.15) is 11.1 Å². The highest BCUT2D eigenvalue weighted by Gasteiger charge is 1.95. The maximum absolute atomic E-state index is 9.30. The third kappa shape index (κ3) is 4.51. The van der Waals surface area contributed by atoms with Crippen LogP contribution in [0.4, 0.5) is 0 Å². The summed E-state index contributed by atoms with van der Waals surface area (Å²) in [6, 6.07) is 11.1. The van der Waals surface area contributed by atoms with Crippen LogP contribution < -0.4 is 0 Å². The molecule has 0 saturated carbocycles. The van der Waals surface area contributed by atoms with E-state index in [1.807, 2.05) is 6.08 Å². The molecule has 2 aromatic carbocycles. The van der Waals surface area contributed by atoms with Crippen LogP contribution >= 0.6 is 0 Å². The molecule has 0 amide bonds. The van der Waals surface area contributed by atoms with E-state index in [1.54, 1.807) is 42.5 Å². The fourth-order valence-corrected chi connectivity index (χ4v) is 1.49. The van der Waals surface area contributed by atoms with Crippen LogP contribution in [-0.4, -0.2) is 15.3 Å². The average molecular weight is 259 g/mol. The zero-order valence-electron chi connectivity index (χ0n) is 9.95. The van der Waals surface area contributed by atoms with Crippen LogP contribution in [0.25, 0.3) is 12.2 Å². The quantitative estimate of drug-likeness (QED) is 0.491. The van der Waals surface area contributed by atoms with Gasteiger partial charge in [-0.25, -0.2) is 0 Å². The van der Waals surface area contributed by atoms with Gasteiger partial charge in [-0.15, -0.1) is 0 Å². The molecule has 0 radical (unpaired) electrons. The van der Waals surface area contributed by atoms with Gasteiger partial charge in [-0.2, -0.15) is 4.91 Å². The molecule has 2 rings (SSSR count). The molecule has 19 heavy (non-hydrogen) atoms. The molecule has 0 spiro atoms. The van der Waals surface area contributed by atoms with Crippen molar-refractivity contribution in [2.24, 2.45) is 0 Å². The topological polar surface area (TPSA) is 102 Å². The van der Waals surface area contributed by atoms with Gasteiger partial charge in [0.25, 0.3) is 0 Å². The highest BCUT2D eigenvalue weighted by atomic mass is 16.3. The lowest BCUT2D eigenvalue weighted by molar-refractivity contribution is 0.450. The van der Waals surface area contributed by atoms with Crippen molar-refractivity contribution in [3.8, 4) is 17.2 Å². The highest BCUT2D eigenvalue weighted by molar-refractivity contribution is 5.71. The van der Waals surface area contributed by atoms with Crippen LogP contribution in [0.5, 0.6) is 17.2 Å². The first kappa shape index (κ1) is 14.2. The van der Waals surface area contributed by atoms with Crippen LogP contribution in [0.3, 0.4) is 0 Å². The number of nitroso groups, excluding NO2 is 1. The molecule has 0 aliphatic rings. The first-order valence-corrected chi connectivity index (χ1v) is 5.34. The number of hydrogen-bond donors (Lipinski definition) is 4. The van der Waals surface area contributed by atoms with Crippen molar-refractivity contribution >= 4 is 12.2 Å². The second-order valence-electron chi connectivity index (χ2n) is 3.71. The SMILES string of the molecule is N=O.Oc1ccc(C=Cc2cc(O)cc(O)c2)cc1. The van der Waals surface area contributed by atoms with Gasteiger partial charge < -0.3 is 15.3 Å². The third-order valence-corrected chi connectivity index (χ3v) is 2.29. The standard InChI is InChI=1S/C14H12O3.HNO/c15-12-5-3-10(4-6-12)1-2-11-7-13(16)9-14(17)8-11;1-2/h1-9,15-17H;1H. The Morgan fingerprint density at radius 3 is 1.68 bits per heavy atom. The molecule has 2 aromatic rings. The molecule has 0 heterocycles. The Hall–Kier alpha value is -2.82. The normalized spacial score (nSPS) is 9.89. The maximum Gasteiger partial charge on any atom is 0.119 e. The second kappa shape index (κ2) is 6.80. The summed E-state index contributed by atoms with van der Waals surface area (Å²) in [5.74, 6) is 0.267. The Morgan fingerprint density at radius 2 is 1.16 bits per heavy atom. The van der Waals surface area contributed by atoms with Gasteiger partial charge >= 0.3 is 0 Å². The highest BCUT2D eigenvalue weighted by Crippen LogP contribution is 2.22.